The van der Waals surface area contributed by atoms with Gasteiger partial charge in [-0.25, -0.2) is 0 Å². The highest BCUT2D eigenvalue weighted by atomic mass is 16.5. The summed E-state index contributed by atoms with van der Waals surface area (Å²) in [6, 6.07) is 7.75. The Kier molecular flexibility index (Phi) is 8.83. The smallest absolute Gasteiger partial charge is 0.161 e. The van der Waals surface area contributed by atoms with Gasteiger partial charge in [-0.3, -0.25) is 0 Å². The average Bonchev–Trinajstić information content (AvgIpc) is 2.47. The van der Waals surface area contributed by atoms with Gasteiger partial charge in [-0.2, -0.15) is 0 Å². The zero-order chi connectivity index (χ0) is 14.6. The minimum absolute atomic E-state index is 0.680. The van der Waals surface area contributed by atoms with Gasteiger partial charge in [-0.1, -0.05) is 25.0 Å². The van der Waals surface area contributed by atoms with Crippen molar-refractivity contribution in [3.63, 3.8) is 0 Å². The van der Waals surface area contributed by atoms with Crippen molar-refractivity contribution in [1.29, 1.82) is 0 Å². The van der Waals surface area contributed by atoms with Crippen LogP contribution in [0.3, 0.4) is 0 Å². The third-order valence-corrected chi connectivity index (χ3v) is 3.29. The summed E-state index contributed by atoms with van der Waals surface area (Å²) in [6.45, 7) is 3.52. The Morgan fingerprint density at radius 1 is 1.00 bits per heavy atom. The highest BCUT2D eigenvalue weighted by Gasteiger charge is 2.03. The fraction of sp³-hybridized carbons (Fsp3) is 0.625. The molecule has 0 heterocycles. The van der Waals surface area contributed by atoms with Gasteiger partial charge in [0.2, 0.25) is 0 Å². The summed E-state index contributed by atoms with van der Waals surface area (Å²) in [5.74, 6) is 1.60. The topological polar surface area (TPSA) is 47.7 Å². The molecule has 1 aromatic carbocycles. The molecule has 0 saturated heterocycles. The van der Waals surface area contributed by atoms with E-state index >= 15 is 0 Å². The maximum Gasteiger partial charge on any atom is 0.161 e. The van der Waals surface area contributed by atoms with Crippen LogP contribution in [0.25, 0.3) is 0 Å². The number of methoxy groups -OCH3 is 1. The summed E-state index contributed by atoms with van der Waals surface area (Å²) >= 11 is 0. The van der Waals surface area contributed by atoms with Gasteiger partial charge in [0.05, 0.1) is 7.11 Å². The molecular formula is C16H28N2O2. The van der Waals surface area contributed by atoms with Gasteiger partial charge in [-0.15, -0.1) is 0 Å². The number of nitrogens with zero attached hydrogens (tertiary/aromatic N) is 1. The number of ether oxygens (including phenoxy) is 2. The van der Waals surface area contributed by atoms with Gasteiger partial charge in [-0.05, 0) is 45.1 Å². The molecule has 0 bridgehead atoms. The molecule has 0 radical (unpaired) electrons. The SMILES string of the molecule is COc1ccccc1OCCN(C)CCCCCCN. The van der Waals surface area contributed by atoms with E-state index in [1.165, 1.54) is 19.3 Å². The molecule has 1 aromatic rings. The van der Waals surface area contributed by atoms with E-state index in [4.69, 9.17) is 15.2 Å². The van der Waals surface area contributed by atoms with Gasteiger partial charge >= 0.3 is 0 Å². The van der Waals surface area contributed by atoms with Gasteiger partial charge in [0.15, 0.2) is 11.5 Å². The number of rotatable bonds is 11. The predicted molar refractivity (Wildman–Crippen MR) is 83.5 cm³/mol. The van der Waals surface area contributed by atoms with Crippen molar-refractivity contribution >= 4 is 0 Å². The van der Waals surface area contributed by atoms with Crippen LogP contribution in [0.5, 0.6) is 11.5 Å². The van der Waals surface area contributed by atoms with Gasteiger partial charge in [0.25, 0.3) is 0 Å². The number of nitrogens with two attached hydrogens (primary N) is 1. The normalized spacial score (nSPS) is 10.8. The molecule has 0 saturated carbocycles. The van der Waals surface area contributed by atoms with Crippen LogP contribution in [-0.2, 0) is 0 Å². The number of para-hydroxylation sites is 2. The first-order chi connectivity index (χ1) is 9.77. The monoisotopic (exact) mass is 280 g/mol. The third-order valence-electron chi connectivity index (χ3n) is 3.29. The Morgan fingerprint density at radius 2 is 1.70 bits per heavy atom. The number of hydrogen-bond acceptors (Lipinski definition) is 4. The van der Waals surface area contributed by atoms with E-state index < -0.39 is 0 Å². The van der Waals surface area contributed by atoms with E-state index in [0.29, 0.717) is 6.61 Å². The lowest BCUT2D eigenvalue weighted by atomic mass is 10.2. The highest BCUT2D eigenvalue weighted by Crippen LogP contribution is 2.25. The van der Waals surface area contributed by atoms with E-state index in [1.807, 2.05) is 24.3 Å². The van der Waals surface area contributed by atoms with Crippen LogP contribution < -0.4 is 15.2 Å². The van der Waals surface area contributed by atoms with Gasteiger partial charge < -0.3 is 20.1 Å². The summed E-state index contributed by atoms with van der Waals surface area (Å²) < 4.78 is 11.0. The maximum absolute atomic E-state index is 5.76. The molecule has 0 fully saturated rings. The molecule has 114 valence electrons. The van der Waals surface area contributed by atoms with Crippen molar-refractivity contribution in [1.82, 2.24) is 4.90 Å². The first kappa shape index (κ1) is 16.8. The van der Waals surface area contributed by atoms with Crippen LogP contribution in [0.1, 0.15) is 25.7 Å². The summed E-state index contributed by atoms with van der Waals surface area (Å²) in [5, 5.41) is 0. The fourth-order valence-corrected chi connectivity index (χ4v) is 2.04. The second-order valence-electron chi connectivity index (χ2n) is 5.01. The summed E-state index contributed by atoms with van der Waals surface area (Å²) in [6.07, 6.45) is 4.86. The van der Waals surface area contributed by atoms with Crippen LogP contribution in [-0.4, -0.2) is 45.3 Å². The number of likely N-dealkylation sites (N-methyl/N-ethyl adjacent to an activating group) is 1. The molecule has 0 aromatic heterocycles. The number of unbranched alkanes of at least 4 members (excludes halogenated alkanes) is 3. The molecular weight excluding hydrogens is 252 g/mol. The molecule has 4 nitrogen and oxygen atoms in total. The largest absolute Gasteiger partial charge is 0.493 e. The Balaban J connectivity index is 2.13. The Hall–Kier alpha value is -1.26. The Bertz CT molecular complexity index is 358. The Morgan fingerprint density at radius 3 is 2.40 bits per heavy atom. The van der Waals surface area contributed by atoms with Crippen LogP contribution in [0.4, 0.5) is 0 Å². The maximum atomic E-state index is 5.76. The molecule has 0 aliphatic heterocycles. The quantitative estimate of drug-likeness (QED) is 0.633. The third kappa shape index (κ3) is 6.78. The van der Waals surface area contributed by atoms with Crippen LogP contribution in [0.15, 0.2) is 24.3 Å². The molecule has 1 rings (SSSR count). The standard InChI is InChI=1S/C16H28N2O2/c1-18(12-8-4-3-7-11-17)13-14-20-16-10-6-5-9-15(16)19-2/h5-6,9-10H,3-4,7-8,11-14,17H2,1-2H3. The molecule has 0 aliphatic carbocycles. The Labute approximate surface area is 122 Å². The van der Waals surface area contributed by atoms with Crippen LogP contribution >= 0.6 is 0 Å². The minimum atomic E-state index is 0.680. The molecule has 4 heteroatoms. The highest BCUT2D eigenvalue weighted by molar-refractivity contribution is 5.39. The van der Waals surface area contributed by atoms with Crippen molar-refractivity contribution < 1.29 is 9.47 Å². The van der Waals surface area contributed by atoms with E-state index in [1.54, 1.807) is 7.11 Å². The second-order valence-corrected chi connectivity index (χ2v) is 5.01. The number of benzene rings is 1. The minimum Gasteiger partial charge on any atom is -0.493 e. The van der Waals surface area contributed by atoms with Crippen molar-refractivity contribution in [3.05, 3.63) is 24.3 Å². The summed E-state index contributed by atoms with van der Waals surface area (Å²) in [4.78, 5) is 2.30. The van der Waals surface area contributed by atoms with E-state index in [0.717, 1.165) is 37.6 Å². The molecule has 20 heavy (non-hydrogen) atoms. The van der Waals surface area contributed by atoms with Crippen LogP contribution in [0.2, 0.25) is 0 Å². The van der Waals surface area contributed by atoms with Crippen molar-refractivity contribution in [3.8, 4) is 11.5 Å². The summed E-state index contributed by atoms with van der Waals surface area (Å²) in [5.41, 5.74) is 5.48. The van der Waals surface area contributed by atoms with E-state index in [-0.39, 0.29) is 0 Å². The molecule has 0 atom stereocenters. The lowest BCUT2D eigenvalue weighted by molar-refractivity contribution is 0.227. The van der Waals surface area contributed by atoms with E-state index in [9.17, 15) is 0 Å². The van der Waals surface area contributed by atoms with Crippen molar-refractivity contribution in [2.24, 2.45) is 5.73 Å². The van der Waals surface area contributed by atoms with E-state index in [2.05, 4.69) is 11.9 Å². The molecule has 0 spiro atoms. The summed E-state index contributed by atoms with van der Waals surface area (Å²) in [7, 11) is 3.80. The molecule has 0 aliphatic rings. The van der Waals surface area contributed by atoms with Gasteiger partial charge in [0.1, 0.15) is 6.61 Å². The van der Waals surface area contributed by atoms with Gasteiger partial charge in [0, 0.05) is 6.54 Å². The predicted octanol–water partition coefficient (Wildman–Crippen LogP) is 2.52. The molecule has 0 amide bonds. The fourth-order valence-electron chi connectivity index (χ4n) is 2.04. The lowest BCUT2D eigenvalue weighted by Gasteiger charge is -2.17. The molecule has 2 N–H and O–H groups in total. The zero-order valence-electron chi connectivity index (χ0n) is 12.8. The lowest BCUT2D eigenvalue weighted by Crippen LogP contribution is -2.25. The van der Waals surface area contributed by atoms with Crippen molar-refractivity contribution in [2.75, 3.05) is 40.4 Å². The van der Waals surface area contributed by atoms with Crippen molar-refractivity contribution in [2.45, 2.75) is 25.7 Å². The average molecular weight is 280 g/mol. The van der Waals surface area contributed by atoms with Crippen LogP contribution in [0, 0.1) is 0 Å². The molecule has 0 unspecified atom stereocenters. The number of hydrogen-bond donors (Lipinski definition) is 1. The second kappa shape index (κ2) is 10.5. The first-order valence-electron chi connectivity index (χ1n) is 7.42. The first-order valence-corrected chi connectivity index (χ1v) is 7.42. The zero-order valence-corrected chi connectivity index (χ0v) is 12.8.